The fraction of sp³-hybridized carbons (Fsp3) is 0.364. The molecule has 0 saturated carbocycles. The summed E-state index contributed by atoms with van der Waals surface area (Å²) < 4.78 is 0. The van der Waals surface area contributed by atoms with Gasteiger partial charge in [0.2, 0.25) is 0 Å². The predicted molar refractivity (Wildman–Crippen MR) is 52.8 cm³/mol. The van der Waals surface area contributed by atoms with Crippen LogP contribution in [-0.2, 0) is 0 Å². The third kappa shape index (κ3) is 0.930. The molecule has 1 saturated heterocycles. The number of amides is 1. The zero-order valence-electron chi connectivity index (χ0n) is 7.86. The van der Waals surface area contributed by atoms with Crippen molar-refractivity contribution in [2.75, 3.05) is 13.1 Å². The molecule has 1 aromatic carbocycles. The quantitative estimate of drug-likeness (QED) is 0.662. The van der Waals surface area contributed by atoms with E-state index < -0.39 is 0 Å². The van der Waals surface area contributed by atoms with Gasteiger partial charge in [-0.3, -0.25) is 10.1 Å². The Balaban J connectivity index is 2.11. The molecule has 0 spiro atoms. The van der Waals surface area contributed by atoms with Crippen molar-refractivity contribution in [1.29, 1.82) is 0 Å². The van der Waals surface area contributed by atoms with Crippen molar-refractivity contribution in [3.63, 3.8) is 0 Å². The Hall–Kier alpha value is -1.35. The van der Waals surface area contributed by atoms with E-state index in [2.05, 4.69) is 5.32 Å². The lowest BCUT2D eigenvalue weighted by Gasteiger charge is -2.30. The first-order valence-electron chi connectivity index (χ1n) is 5.01. The molecule has 0 bridgehead atoms. The maximum Gasteiger partial charge on any atom is 0.255 e. The number of hydrogen-bond acceptors (Lipinski definition) is 2. The van der Waals surface area contributed by atoms with Crippen LogP contribution in [0.2, 0.25) is 0 Å². The van der Waals surface area contributed by atoms with Crippen LogP contribution in [0.5, 0.6) is 0 Å². The minimum absolute atomic E-state index is 0.132. The van der Waals surface area contributed by atoms with E-state index in [1.165, 1.54) is 0 Å². The van der Waals surface area contributed by atoms with Crippen LogP contribution in [0.3, 0.4) is 0 Å². The zero-order chi connectivity index (χ0) is 9.54. The molecule has 2 heterocycles. The molecule has 0 radical (unpaired) electrons. The summed E-state index contributed by atoms with van der Waals surface area (Å²) in [5.41, 5.74) is 2.00. The fourth-order valence-corrected chi connectivity index (χ4v) is 2.31. The molecular formula is C11H12N2O. The monoisotopic (exact) mass is 188 g/mol. The first-order valence-corrected chi connectivity index (χ1v) is 5.01. The maximum absolute atomic E-state index is 11.9. The van der Waals surface area contributed by atoms with Gasteiger partial charge in [0.25, 0.3) is 5.91 Å². The van der Waals surface area contributed by atoms with Crippen molar-refractivity contribution in [3.05, 3.63) is 35.4 Å². The third-order valence-corrected chi connectivity index (χ3v) is 2.97. The summed E-state index contributed by atoms with van der Waals surface area (Å²) in [5, 5.41) is 3.37. The highest BCUT2D eigenvalue weighted by atomic mass is 16.2. The number of rotatable bonds is 0. The number of carbonyl (C=O) groups is 1. The number of nitrogens with one attached hydrogen (secondary N) is 1. The molecule has 1 aromatic rings. The molecule has 0 aromatic heterocycles. The van der Waals surface area contributed by atoms with Crippen LogP contribution >= 0.6 is 0 Å². The lowest BCUT2D eigenvalue weighted by Crippen LogP contribution is -2.43. The van der Waals surface area contributed by atoms with Gasteiger partial charge in [-0.2, -0.15) is 0 Å². The lowest BCUT2D eigenvalue weighted by molar-refractivity contribution is 0.0645. The molecule has 0 unspecified atom stereocenters. The van der Waals surface area contributed by atoms with E-state index in [1.54, 1.807) is 0 Å². The van der Waals surface area contributed by atoms with E-state index >= 15 is 0 Å². The molecule has 2 aliphatic rings. The highest BCUT2D eigenvalue weighted by Gasteiger charge is 2.37. The molecule has 3 rings (SSSR count). The number of nitrogens with zero attached hydrogens (tertiary/aromatic N) is 1. The van der Waals surface area contributed by atoms with Crippen LogP contribution in [0.4, 0.5) is 0 Å². The summed E-state index contributed by atoms with van der Waals surface area (Å²) >= 11 is 0. The Bertz CT molecular complexity index is 389. The van der Waals surface area contributed by atoms with Crippen LogP contribution in [0.25, 0.3) is 0 Å². The predicted octanol–water partition coefficient (Wildman–Crippen LogP) is 1.13. The van der Waals surface area contributed by atoms with E-state index in [-0.39, 0.29) is 12.1 Å². The topological polar surface area (TPSA) is 32.3 Å². The summed E-state index contributed by atoms with van der Waals surface area (Å²) in [7, 11) is 0. The first kappa shape index (κ1) is 8.00. The van der Waals surface area contributed by atoms with Crippen molar-refractivity contribution in [2.45, 2.75) is 12.6 Å². The third-order valence-electron chi connectivity index (χ3n) is 2.97. The molecule has 0 aliphatic carbocycles. The van der Waals surface area contributed by atoms with Crippen LogP contribution in [0.1, 0.15) is 28.5 Å². The molecule has 1 atom stereocenters. The molecule has 1 amide bonds. The number of carbonyl (C=O) groups excluding carboxylic acids is 1. The van der Waals surface area contributed by atoms with E-state index in [0.29, 0.717) is 0 Å². The summed E-state index contributed by atoms with van der Waals surface area (Å²) in [5.74, 6) is 0.179. The van der Waals surface area contributed by atoms with Gasteiger partial charge in [0.1, 0.15) is 6.17 Å². The van der Waals surface area contributed by atoms with Crippen molar-refractivity contribution in [2.24, 2.45) is 0 Å². The minimum Gasteiger partial charge on any atom is -0.319 e. The molecule has 2 aliphatic heterocycles. The lowest BCUT2D eigenvalue weighted by atomic mass is 10.1. The van der Waals surface area contributed by atoms with Gasteiger partial charge in [0.05, 0.1) is 0 Å². The van der Waals surface area contributed by atoms with Gasteiger partial charge in [0.15, 0.2) is 0 Å². The molecule has 14 heavy (non-hydrogen) atoms. The molecule has 72 valence electrons. The Labute approximate surface area is 82.7 Å². The average Bonchev–Trinajstić information content (AvgIpc) is 2.55. The van der Waals surface area contributed by atoms with Crippen LogP contribution in [-0.4, -0.2) is 23.9 Å². The van der Waals surface area contributed by atoms with Crippen molar-refractivity contribution < 1.29 is 4.79 Å². The van der Waals surface area contributed by atoms with Crippen molar-refractivity contribution >= 4 is 5.91 Å². The molecule has 1 N–H and O–H groups in total. The van der Waals surface area contributed by atoms with Gasteiger partial charge in [0, 0.05) is 17.7 Å². The SMILES string of the molecule is O=C1c2ccccc2[C@H]2NCCCN12. The summed E-state index contributed by atoms with van der Waals surface area (Å²) in [4.78, 5) is 13.8. The van der Waals surface area contributed by atoms with Crippen LogP contribution in [0, 0.1) is 0 Å². The Morgan fingerprint density at radius 1 is 1.36 bits per heavy atom. The first-order chi connectivity index (χ1) is 6.88. The highest BCUT2D eigenvalue weighted by molar-refractivity contribution is 5.99. The van der Waals surface area contributed by atoms with E-state index in [9.17, 15) is 4.79 Å². The zero-order valence-corrected chi connectivity index (χ0v) is 7.86. The normalized spacial score (nSPS) is 24.7. The van der Waals surface area contributed by atoms with Crippen molar-refractivity contribution in [1.82, 2.24) is 10.2 Å². The van der Waals surface area contributed by atoms with E-state index in [0.717, 1.165) is 30.6 Å². The Kier molecular flexibility index (Phi) is 1.61. The van der Waals surface area contributed by atoms with Gasteiger partial charge < -0.3 is 4.90 Å². The van der Waals surface area contributed by atoms with Gasteiger partial charge >= 0.3 is 0 Å². The second-order valence-corrected chi connectivity index (χ2v) is 3.80. The summed E-state index contributed by atoms with van der Waals surface area (Å²) in [6.07, 6.45) is 1.18. The number of benzene rings is 1. The van der Waals surface area contributed by atoms with Crippen LogP contribution < -0.4 is 5.32 Å². The van der Waals surface area contributed by atoms with Gasteiger partial charge in [-0.25, -0.2) is 0 Å². The van der Waals surface area contributed by atoms with Gasteiger partial charge in [-0.15, -0.1) is 0 Å². The smallest absolute Gasteiger partial charge is 0.255 e. The summed E-state index contributed by atoms with van der Waals surface area (Å²) in [6, 6.07) is 7.87. The van der Waals surface area contributed by atoms with E-state index in [4.69, 9.17) is 0 Å². The molecule has 3 nitrogen and oxygen atoms in total. The molecular weight excluding hydrogens is 176 g/mol. The highest BCUT2D eigenvalue weighted by Crippen LogP contribution is 2.32. The second kappa shape index (κ2) is 2.82. The van der Waals surface area contributed by atoms with E-state index in [1.807, 2.05) is 29.2 Å². The molecule has 3 heteroatoms. The largest absolute Gasteiger partial charge is 0.319 e. The van der Waals surface area contributed by atoms with Gasteiger partial charge in [-0.05, 0) is 19.0 Å². The molecule has 1 fully saturated rings. The second-order valence-electron chi connectivity index (χ2n) is 3.80. The van der Waals surface area contributed by atoms with Gasteiger partial charge in [-0.1, -0.05) is 18.2 Å². The number of hydrogen-bond donors (Lipinski definition) is 1. The van der Waals surface area contributed by atoms with Crippen molar-refractivity contribution in [3.8, 4) is 0 Å². The minimum atomic E-state index is 0.132. The summed E-state index contributed by atoms with van der Waals surface area (Å²) in [6.45, 7) is 1.88. The standard InChI is InChI=1S/C11H12N2O/c14-11-9-5-2-1-4-8(9)10-12-6-3-7-13(10)11/h1-2,4-5,10,12H,3,6-7H2/t10-/m0/s1. The Morgan fingerprint density at radius 2 is 2.21 bits per heavy atom. The Morgan fingerprint density at radius 3 is 3.14 bits per heavy atom. The van der Waals surface area contributed by atoms with Crippen LogP contribution in [0.15, 0.2) is 24.3 Å². The number of fused-ring (bicyclic) bond motifs is 3. The maximum atomic E-state index is 11.9. The fourth-order valence-electron chi connectivity index (χ4n) is 2.31. The average molecular weight is 188 g/mol.